The molecule has 0 radical (unpaired) electrons. The molecule has 1 atom stereocenters. The lowest BCUT2D eigenvalue weighted by molar-refractivity contribution is 0.945. The first kappa shape index (κ1) is 14.9. The summed E-state index contributed by atoms with van der Waals surface area (Å²) in [6.07, 6.45) is 0.805. The molecule has 0 aliphatic carbocycles. The van der Waals surface area contributed by atoms with Crippen LogP contribution in [0.5, 0.6) is 0 Å². The number of aromatic amines is 2. The molecule has 6 heteroatoms. The minimum atomic E-state index is -0.199. The van der Waals surface area contributed by atoms with Gasteiger partial charge in [-0.2, -0.15) is 0 Å². The molecule has 3 aromatic rings. The Morgan fingerprint density at radius 3 is 2.57 bits per heavy atom. The van der Waals surface area contributed by atoms with Crippen LogP contribution in [0.25, 0.3) is 11.0 Å². The summed E-state index contributed by atoms with van der Waals surface area (Å²) >= 11 is 13.3. The zero-order valence-electron chi connectivity index (χ0n) is 10.8. The molecule has 21 heavy (non-hydrogen) atoms. The lowest BCUT2D eigenvalue weighted by Gasteiger charge is -2.13. The van der Waals surface area contributed by atoms with Gasteiger partial charge in [0.25, 0.3) is 0 Å². The minimum absolute atomic E-state index is 0.119. The number of imidazole rings is 1. The van der Waals surface area contributed by atoms with E-state index in [-0.39, 0.29) is 10.5 Å². The molecular weight excluding hydrogens is 419 g/mol. The molecule has 0 aliphatic rings. The molecule has 2 N–H and O–H groups in total. The van der Waals surface area contributed by atoms with Gasteiger partial charge in [-0.05, 0) is 41.8 Å². The molecule has 3 rings (SSSR count). The van der Waals surface area contributed by atoms with Gasteiger partial charge in [0.1, 0.15) is 0 Å². The van der Waals surface area contributed by atoms with Gasteiger partial charge >= 0.3 is 5.69 Å². The van der Waals surface area contributed by atoms with E-state index in [1.54, 1.807) is 0 Å². The SMILES string of the molecule is O=c1[nH]c2cc(Br)c(C(Br)Cc3cccc(Cl)c3)cc2[nH]1. The van der Waals surface area contributed by atoms with Gasteiger partial charge in [-0.1, -0.05) is 55.6 Å². The predicted octanol–water partition coefficient (Wildman–Crippen LogP) is 4.95. The molecule has 0 saturated heterocycles. The largest absolute Gasteiger partial charge is 0.323 e. The zero-order chi connectivity index (χ0) is 15.0. The van der Waals surface area contributed by atoms with Crippen molar-refractivity contribution < 1.29 is 0 Å². The number of alkyl halides is 1. The summed E-state index contributed by atoms with van der Waals surface area (Å²) < 4.78 is 0.953. The van der Waals surface area contributed by atoms with Crippen molar-refractivity contribution in [2.45, 2.75) is 11.2 Å². The first-order valence-electron chi connectivity index (χ1n) is 6.33. The highest BCUT2D eigenvalue weighted by atomic mass is 79.9. The molecule has 0 fully saturated rings. The van der Waals surface area contributed by atoms with Gasteiger partial charge in [-0.3, -0.25) is 0 Å². The van der Waals surface area contributed by atoms with Gasteiger partial charge < -0.3 is 9.97 Å². The normalized spacial score (nSPS) is 12.7. The van der Waals surface area contributed by atoms with Gasteiger partial charge in [0.15, 0.2) is 0 Å². The standard InChI is InChI=1S/C15H11Br2ClN2O/c16-11(5-8-2-1-3-9(18)4-8)10-6-13-14(7-12(10)17)20-15(21)19-13/h1-4,6-7,11H,5H2,(H2,19,20,21). The molecule has 108 valence electrons. The molecule has 0 spiro atoms. The van der Waals surface area contributed by atoms with Crippen LogP contribution < -0.4 is 5.69 Å². The third kappa shape index (κ3) is 3.25. The number of hydrogen-bond donors (Lipinski definition) is 2. The Hall–Kier alpha value is -1.04. The molecule has 1 heterocycles. The lowest BCUT2D eigenvalue weighted by atomic mass is 10.0. The van der Waals surface area contributed by atoms with Gasteiger partial charge in [-0.25, -0.2) is 4.79 Å². The average Bonchev–Trinajstić information content (AvgIpc) is 2.76. The third-order valence-electron chi connectivity index (χ3n) is 3.27. The highest BCUT2D eigenvalue weighted by Gasteiger charge is 2.14. The van der Waals surface area contributed by atoms with Gasteiger partial charge in [-0.15, -0.1) is 0 Å². The van der Waals surface area contributed by atoms with E-state index in [1.165, 1.54) is 0 Å². The van der Waals surface area contributed by atoms with Crippen LogP contribution in [0.15, 0.2) is 45.7 Å². The van der Waals surface area contributed by atoms with Crippen LogP contribution in [0.4, 0.5) is 0 Å². The predicted molar refractivity (Wildman–Crippen MR) is 93.4 cm³/mol. The highest BCUT2D eigenvalue weighted by molar-refractivity contribution is 9.11. The van der Waals surface area contributed by atoms with Crippen LogP contribution in [0.2, 0.25) is 5.02 Å². The fraction of sp³-hybridized carbons (Fsp3) is 0.133. The maximum atomic E-state index is 11.4. The topological polar surface area (TPSA) is 48.6 Å². The van der Waals surface area contributed by atoms with Crippen LogP contribution in [0, 0.1) is 0 Å². The van der Waals surface area contributed by atoms with E-state index in [1.807, 2.05) is 36.4 Å². The summed E-state index contributed by atoms with van der Waals surface area (Å²) in [4.78, 5) is 17.0. The Morgan fingerprint density at radius 2 is 1.86 bits per heavy atom. The van der Waals surface area contributed by atoms with Crippen molar-refractivity contribution in [1.29, 1.82) is 0 Å². The minimum Gasteiger partial charge on any atom is -0.306 e. The molecule has 0 aliphatic heterocycles. The fourth-order valence-electron chi connectivity index (χ4n) is 2.29. The number of H-pyrrole nitrogens is 2. The average molecular weight is 431 g/mol. The monoisotopic (exact) mass is 428 g/mol. The number of benzene rings is 2. The first-order chi connectivity index (χ1) is 10.0. The Balaban J connectivity index is 1.95. The summed E-state index contributed by atoms with van der Waals surface area (Å²) in [5, 5.41) is 0.733. The van der Waals surface area contributed by atoms with E-state index in [9.17, 15) is 4.79 Å². The maximum absolute atomic E-state index is 11.4. The van der Waals surface area contributed by atoms with Crippen LogP contribution in [-0.2, 0) is 6.42 Å². The van der Waals surface area contributed by atoms with E-state index >= 15 is 0 Å². The van der Waals surface area contributed by atoms with Crippen molar-refractivity contribution in [2.75, 3.05) is 0 Å². The first-order valence-corrected chi connectivity index (χ1v) is 8.41. The third-order valence-corrected chi connectivity index (χ3v) is 5.01. The summed E-state index contributed by atoms with van der Waals surface area (Å²) in [5.74, 6) is 0. The smallest absolute Gasteiger partial charge is 0.306 e. The molecule has 0 amide bonds. The van der Waals surface area contributed by atoms with Gasteiger partial charge in [0.2, 0.25) is 0 Å². The van der Waals surface area contributed by atoms with Crippen molar-refractivity contribution in [3.8, 4) is 0 Å². The van der Waals surface area contributed by atoms with Gasteiger partial charge in [0, 0.05) is 14.3 Å². The van der Waals surface area contributed by atoms with Crippen molar-refractivity contribution in [1.82, 2.24) is 9.97 Å². The quantitative estimate of drug-likeness (QED) is 0.568. The van der Waals surface area contributed by atoms with E-state index in [2.05, 4.69) is 41.8 Å². The fourth-order valence-corrected chi connectivity index (χ4v) is 4.19. The Bertz CT molecular complexity index is 856. The van der Waals surface area contributed by atoms with Gasteiger partial charge in [0.05, 0.1) is 11.0 Å². The second-order valence-electron chi connectivity index (χ2n) is 4.80. The van der Waals surface area contributed by atoms with E-state index in [0.717, 1.165) is 38.1 Å². The van der Waals surface area contributed by atoms with Crippen molar-refractivity contribution in [3.05, 3.63) is 67.5 Å². The summed E-state index contributed by atoms with van der Waals surface area (Å²) in [5.41, 5.74) is 3.62. The number of fused-ring (bicyclic) bond motifs is 1. The van der Waals surface area contributed by atoms with Crippen LogP contribution in [-0.4, -0.2) is 9.97 Å². The van der Waals surface area contributed by atoms with Crippen molar-refractivity contribution in [2.24, 2.45) is 0 Å². The molecule has 1 aromatic heterocycles. The lowest BCUT2D eigenvalue weighted by Crippen LogP contribution is -1.99. The van der Waals surface area contributed by atoms with Crippen LogP contribution >= 0.6 is 43.5 Å². The Kier molecular flexibility index (Phi) is 4.24. The van der Waals surface area contributed by atoms with Crippen molar-refractivity contribution >= 4 is 54.5 Å². The maximum Gasteiger partial charge on any atom is 0.323 e. The number of rotatable bonds is 3. The van der Waals surface area contributed by atoms with Crippen LogP contribution in [0.1, 0.15) is 16.0 Å². The zero-order valence-corrected chi connectivity index (χ0v) is 14.7. The van der Waals surface area contributed by atoms with Crippen molar-refractivity contribution in [3.63, 3.8) is 0 Å². The summed E-state index contributed by atoms with van der Waals surface area (Å²) in [6, 6.07) is 11.7. The summed E-state index contributed by atoms with van der Waals surface area (Å²) in [6.45, 7) is 0. The summed E-state index contributed by atoms with van der Waals surface area (Å²) in [7, 11) is 0. The number of halogens is 3. The Labute approximate surface area is 143 Å². The molecule has 1 unspecified atom stereocenters. The number of hydrogen-bond acceptors (Lipinski definition) is 1. The second kappa shape index (κ2) is 5.99. The molecule has 0 saturated carbocycles. The van der Waals surface area contributed by atoms with E-state index in [4.69, 9.17) is 11.6 Å². The second-order valence-corrected chi connectivity index (χ2v) is 7.20. The van der Waals surface area contributed by atoms with E-state index < -0.39 is 0 Å². The number of aromatic nitrogens is 2. The number of nitrogens with one attached hydrogen (secondary N) is 2. The van der Waals surface area contributed by atoms with E-state index in [0.29, 0.717) is 0 Å². The molecule has 2 aromatic carbocycles. The highest BCUT2D eigenvalue weighted by Crippen LogP contribution is 2.34. The molecule has 0 bridgehead atoms. The van der Waals surface area contributed by atoms with Crippen LogP contribution in [0.3, 0.4) is 0 Å². The molecule has 3 nitrogen and oxygen atoms in total. The Morgan fingerprint density at radius 1 is 1.14 bits per heavy atom. The molecular formula is C15H11Br2ClN2O.